The van der Waals surface area contributed by atoms with Gasteiger partial charge in [0.1, 0.15) is 18.4 Å². The molecule has 1 atom stereocenters. The molecule has 0 saturated heterocycles. The molecule has 0 aromatic heterocycles. The van der Waals surface area contributed by atoms with Crippen molar-refractivity contribution in [3.63, 3.8) is 0 Å². The number of hydrogen-bond acceptors (Lipinski definition) is 4. The van der Waals surface area contributed by atoms with Gasteiger partial charge in [-0.15, -0.1) is 0 Å². The van der Waals surface area contributed by atoms with Gasteiger partial charge in [-0.25, -0.2) is 12.8 Å². The normalized spacial score (nSPS) is 12.2. The van der Waals surface area contributed by atoms with Crippen LogP contribution in [0.15, 0.2) is 77.7 Å². The van der Waals surface area contributed by atoms with Crippen molar-refractivity contribution in [1.82, 2.24) is 10.2 Å². The average molecular weight is 609 g/mol. The smallest absolute Gasteiger partial charge is 0.264 e. The van der Waals surface area contributed by atoms with Crippen LogP contribution in [0.1, 0.15) is 32.8 Å². The minimum absolute atomic E-state index is 0.0406. The predicted octanol–water partition coefficient (Wildman–Crippen LogP) is 5.91. The number of amides is 2. The molecular formula is C29H32Cl2FN3O4S. The number of anilines is 1. The third kappa shape index (κ3) is 7.96. The molecule has 0 fully saturated rings. The van der Waals surface area contributed by atoms with E-state index in [1.165, 1.54) is 35.2 Å². The first kappa shape index (κ1) is 31.4. The van der Waals surface area contributed by atoms with Gasteiger partial charge in [-0.05, 0) is 66.4 Å². The lowest BCUT2D eigenvalue weighted by atomic mass is 10.1. The fraction of sp³-hybridized carbons (Fsp3) is 0.310. The highest BCUT2D eigenvalue weighted by Crippen LogP contribution is 2.27. The number of carbonyl (C=O) groups is 2. The average Bonchev–Trinajstić information content (AvgIpc) is 2.92. The van der Waals surface area contributed by atoms with Crippen molar-refractivity contribution in [1.29, 1.82) is 0 Å². The van der Waals surface area contributed by atoms with E-state index in [-0.39, 0.29) is 35.4 Å². The summed E-state index contributed by atoms with van der Waals surface area (Å²) in [7, 11) is -4.24. The second-order valence-electron chi connectivity index (χ2n) is 9.62. The Bertz CT molecular complexity index is 1420. The van der Waals surface area contributed by atoms with Gasteiger partial charge in [0.2, 0.25) is 11.8 Å². The first-order valence-corrected chi connectivity index (χ1v) is 15.0. The Hall–Kier alpha value is -3.14. The standard InChI is InChI=1S/C29H32Cl2FN3O4S/c1-4-27(29(37)33-17-20(2)3)34(18-21-10-11-22(30)16-26(21)31)28(36)19-35(24-14-12-23(32)13-15-24)40(38,39)25-8-6-5-7-9-25/h5-16,20,27H,4,17-19H2,1-3H3,(H,33,37)/t27-/m0/s1. The van der Waals surface area contributed by atoms with Crippen molar-refractivity contribution in [2.24, 2.45) is 5.92 Å². The fourth-order valence-corrected chi connectivity index (χ4v) is 5.93. The number of benzene rings is 3. The van der Waals surface area contributed by atoms with Gasteiger partial charge in [-0.3, -0.25) is 13.9 Å². The second-order valence-corrected chi connectivity index (χ2v) is 12.3. The zero-order chi connectivity index (χ0) is 29.4. The quantitative estimate of drug-likeness (QED) is 0.277. The molecule has 1 N–H and O–H groups in total. The summed E-state index contributed by atoms with van der Waals surface area (Å²) >= 11 is 12.5. The second kappa shape index (κ2) is 14.0. The molecule has 3 aromatic carbocycles. The molecule has 7 nitrogen and oxygen atoms in total. The largest absolute Gasteiger partial charge is 0.354 e. The van der Waals surface area contributed by atoms with Gasteiger partial charge in [-0.1, -0.05) is 68.2 Å². The molecule has 0 aliphatic carbocycles. The number of rotatable bonds is 12. The Labute approximate surface area is 244 Å². The Kier molecular flexibility index (Phi) is 11.0. The molecule has 40 heavy (non-hydrogen) atoms. The van der Waals surface area contributed by atoms with E-state index in [1.54, 1.807) is 37.3 Å². The monoisotopic (exact) mass is 607 g/mol. The molecule has 0 bridgehead atoms. The van der Waals surface area contributed by atoms with Gasteiger partial charge in [0, 0.05) is 23.1 Å². The number of nitrogens with zero attached hydrogens (tertiary/aromatic N) is 2. The van der Waals surface area contributed by atoms with Crippen LogP contribution in [0, 0.1) is 11.7 Å². The first-order chi connectivity index (χ1) is 18.9. The van der Waals surface area contributed by atoms with Crippen LogP contribution in [0.2, 0.25) is 10.0 Å². The number of hydrogen-bond donors (Lipinski definition) is 1. The topological polar surface area (TPSA) is 86.8 Å². The first-order valence-electron chi connectivity index (χ1n) is 12.8. The molecule has 2 amide bonds. The summed E-state index contributed by atoms with van der Waals surface area (Å²) in [6.07, 6.45) is 0.267. The molecule has 0 saturated carbocycles. The predicted molar refractivity (Wildman–Crippen MR) is 156 cm³/mol. The molecular weight excluding hydrogens is 576 g/mol. The van der Waals surface area contributed by atoms with Gasteiger partial charge in [0.25, 0.3) is 10.0 Å². The molecule has 0 radical (unpaired) electrons. The van der Waals surface area contributed by atoms with E-state index in [0.717, 1.165) is 16.4 Å². The van der Waals surface area contributed by atoms with Crippen LogP contribution in [-0.4, -0.2) is 44.3 Å². The zero-order valence-corrected chi connectivity index (χ0v) is 24.8. The molecule has 3 rings (SSSR count). The van der Waals surface area contributed by atoms with Crippen molar-refractivity contribution < 1.29 is 22.4 Å². The van der Waals surface area contributed by atoms with Crippen LogP contribution in [0.3, 0.4) is 0 Å². The van der Waals surface area contributed by atoms with Gasteiger partial charge in [0.05, 0.1) is 10.6 Å². The Morgan fingerprint density at radius 3 is 2.20 bits per heavy atom. The molecule has 0 aliphatic heterocycles. The minimum atomic E-state index is -4.24. The Balaban J connectivity index is 2.05. The van der Waals surface area contributed by atoms with E-state index in [4.69, 9.17) is 23.2 Å². The summed E-state index contributed by atoms with van der Waals surface area (Å²) in [6.45, 7) is 5.37. The molecule has 0 unspecified atom stereocenters. The highest BCUT2D eigenvalue weighted by Gasteiger charge is 2.34. The lowest BCUT2D eigenvalue weighted by Gasteiger charge is -2.33. The molecule has 0 spiro atoms. The summed E-state index contributed by atoms with van der Waals surface area (Å²) in [5.74, 6) is -1.38. The summed E-state index contributed by atoms with van der Waals surface area (Å²) in [5, 5.41) is 3.57. The summed E-state index contributed by atoms with van der Waals surface area (Å²) in [4.78, 5) is 28.5. The van der Waals surface area contributed by atoms with E-state index in [0.29, 0.717) is 22.2 Å². The van der Waals surface area contributed by atoms with Crippen LogP contribution in [0.4, 0.5) is 10.1 Å². The maximum absolute atomic E-state index is 14.0. The van der Waals surface area contributed by atoms with Gasteiger partial charge in [-0.2, -0.15) is 0 Å². The third-order valence-corrected chi connectivity index (χ3v) is 8.53. The maximum Gasteiger partial charge on any atom is 0.264 e. The van der Waals surface area contributed by atoms with Crippen LogP contribution in [-0.2, 0) is 26.2 Å². The number of carbonyl (C=O) groups excluding carboxylic acids is 2. The van der Waals surface area contributed by atoms with E-state index in [9.17, 15) is 22.4 Å². The molecule has 0 aliphatic rings. The summed E-state index contributed by atoms with van der Waals surface area (Å²) < 4.78 is 42.1. The SMILES string of the molecule is CC[C@@H](C(=O)NCC(C)C)N(Cc1ccc(Cl)cc1Cl)C(=O)CN(c1ccc(F)cc1)S(=O)(=O)c1ccccc1. The van der Waals surface area contributed by atoms with Crippen LogP contribution in [0.5, 0.6) is 0 Å². The number of sulfonamides is 1. The summed E-state index contributed by atoms with van der Waals surface area (Å²) in [6, 6.07) is 16.3. The van der Waals surface area contributed by atoms with Crippen LogP contribution in [0.25, 0.3) is 0 Å². The molecule has 0 heterocycles. The van der Waals surface area contributed by atoms with Gasteiger partial charge in [0.15, 0.2) is 0 Å². The Morgan fingerprint density at radius 1 is 0.975 bits per heavy atom. The molecule has 11 heteroatoms. The van der Waals surface area contributed by atoms with Crippen molar-refractivity contribution in [2.45, 2.75) is 44.7 Å². The highest BCUT2D eigenvalue weighted by atomic mass is 35.5. The van der Waals surface area contributed by atoms with Gasteiger partial charge >= 0.3 is 0 Å². The van der Waals surface area contributed by atoms with Crippen LogP contribution < -0.4 is 9.62 Å². The highest BCUT2D eigenvalue weighted by molar-refractivity contribution is 7.92. The number of halogens is 3. The van der Waals surface area contributed by atoms with Crippen molar-refractivity contribution in [3.8, 4) is 0 Å². The molecule has 3 aromatic rings. The van der Waals surface area contributed by atoms with Crippen molar-refractivity contribution in [3.05, 3.63) is 94.2 Å². The van der Waals surface area contributed by atoms with E-state index >= 15 is 0 Å². The molecule has 214 valence electrons. The van der Waals surface area contributed by atoms with Crippen LogP contribution >= 0.6 is 23.2 Å². The van der Waals surface area contributed by atoms with Crippen molar-refractivity contribution in [2.75, 3.05) is 17.4 Å². The van der Waals surface area contributed by atoms with E-state index in [1.807, 2.05) is 13.8 Å². The fourth-order valence-electron chi connectivity index (χ4n) is 4.03. The third-order valence-electron chi connectivity index (χ3n) is 6.15. The van der Waals surface area contributed by atoms with Crippen molar-refractivity contribution >= 4 is 50.7 Å². The number of nitrogens with one attached hydrogen (secondary N) is 1. The maximum atomic E-state index is 14.0. The van der Waals surface area contributed by atoms with E-state index in [2.05, 4.69) is 5.32 Å². The Morgan fingerprint density at radius 2 is 1.62 bits per heavy atom. The minimum Gasteiger partial charge on any atom is -0.354 e. The van der Waals surface area contributed by atoms with E-state index < -0.39 is 34.3 Å². The zero-order valence-electron chi connectivity index (χ0n) is 22.5. The lowest BCUT2D eigenvalue weighted by Crippen LogP contribution is -2.52. The van der Waals surface area contributed by atoms with Gasteiger partial charge < -0.3 is 10.2 Å². The lowest BCUT2D eigenvalue weighted by molar-refractivity contribution is -0.140. The summed E-state index contributed by atoms with van der Waals surface area (Å²) in [5.41, 5.74) is 0.633.